The Morgan fingerprint density at radius 3 is 2.32 bits per heavy atom. The van der Waals surface area contributed by atoms with E-state index in [-0.39, 0.29) is 24.1 Å². The number of hydrogen-bond acceptors (Lipinski definition) is 6. The van der Waals surface area contributed by atoms with E-state index < -0.39 is 18.4 Å². The first-order valence-electron chi connectivity index (χ1n) is 12.5. The molecular weight excluding hydrogens is 471 g/mol. The normalized spacial score (nSPS) is 17.6. The Kier molecular flexibility index (Phi) is 9.44. The van der Waals surface area contributed by atoms with Crippen molar-refractivity contribution in [2.75, 3.05) is 39.5 Å². The number of carbonyl (C=O) groups excluding carboxylic acids is 2. The first-order valence-corrected chi connectivity index (χ1v) is 12.5. The van der Waals surface area contributed by atoms with E-state index in [0.717, 1.165) is 55.9 Å². The topological polar surface area (TPSA) is 83.4 Å². The average Bonchev–Trinajstić information content (AvgIpc) is 2.93. The zero-order valence-electron chi connectivity index (χ0n) is 21.0. The minimum absolute atomic E-state index is 0.167. The number of hydrogen-bond donors (Lipinski definition) is 1. The molecule has 2 aromatic carbocycles. The maximum absolute atomic E-state index is 13.0. The van der Waals surface area contributed by atoms with Crippen molar-refractivity contribution in [1.29, 1.82) is 0 Å². The minimum atomic E-state index is -0.811. The largest absolute Gasteiger partial charge is 0.379 e. The van der Waals surface area contributed by atoms with Crippen LogP contribution in [0.4, 0.5) is 4.39 Å². The SMILES string of the molecule is C[C@@H](CF)NCC(CC1=NC=NC(=O)C1=O)c1ccc(C#Cc2ccc(CN3CCOCC3)cc2)cc1. The zero-order chi connectivity index (χ0) is 26.0. The molecular formula is C29H31FN4O3. The Morgan fingerprint density at radius 2 is 1.68 bits per heavy atom. The Morgan fingerprint density at radius 1 is 1.03 bits per heavy atom. The molecule has 0 saturated carbocycles. The number of ketones is 1. The maximum Gasteiger partial charge on any atom is 0.320 e. The van der Waals surface area contributed by atoms with Gasteiger partial charge in [-0.05, 0) is 42.3 Å². The standard InChI is InChI=1S/C29H31FN4O3/c1-21(17-30)31-18-26(16-27-28(35)29(36)33-20-32-27)25-10-8-23(9-11-25)3-2-22-4-6-24(7-5-22)19-34-12-14-37-15-13-34/h4-11,20-21,26,31H,12-19H2,1H3/t21-,26?/m0/s1. The van der Waals surface area contributed by atoms with Gasteiger partial charge in [-0.15, -0.1) is 0 Å². The van der Waals surface area contributed by atoms with Gasteiger partial charge in [-0.3, -0.25) is 14.5 Å². The Bertz CT molecular complexity index is 1210. The van der Waals surface area contributed by atoms with Gasteiger partial charge < -0.3 is 10.1 Å². The van der Waals surface area contributed by atoms with E-state index in [0.29, 0.717) is 6.54 Å². The number of alkyl halides is 1. The molecule has 0 aliphatic carbocycles. The zero-order valence-corrected chi connectivity index (χ0v) is 21.0. The van der Waals surface area contributed by atoms with E-state index in [4.69, 9.17) is 4.74 Å². The number of morpholine rings is 1. The summed E-state index contributed by atoms with van der Waals surface area (Å²) in [5.74, 6) is 4.74. The van der Waals surface area contributed by atoms with E-state index in [1.807, 2.05) is 36.4 Å². The molecule has 2 atom stereocenters. The van der Waals surface area contributed by atoms with Gasteiger partial charge in [0.2, 0.25) is 0 Å². The van der Waals surface area contributed by atoms with E-state index in [2.05, 4.69) is 44.2 Å². The van der Waals surface area contributed by atoms with Crippen molar-refractivity contribution in [2.24, 2.45) is 9.98 Å². The average molecular weight is 503 g/mol. The van der Waals surface area contributed by atoms with Gasteiger partial charge in [-0.1, -0.05) is 36.1 Å². The predicted molar refractivity (Wildman–Crippen MR) is 142 cm³/mol. The predicted octanol–water partition coefficient (Wildman–Crippen LogP) is 2.92. The molecule has 2 aliphatic heterocycles. The van der Waals surface area contributed by atoms with E-state index in [1.54, 1.807) is 6.92 Å². The van der Waals surface area contributed by atoms with Crippen LogP contribution in [-0.2, 0) is 20.9 Å². The summed E-state index contributed by atoms with van der Waals surface area (Å²) in [5.41, 5.74) is 4.17. The number of carbonyl (C=O) groups is 2. The molecule has 7 nitrogen and oxygen atoms in total. The first kappa shape index (κ1) is 26.6. The van der Waals surface area contributed by atoms with Crippen molar-refractivity contribution in [3.63, 3.8) is 0 Å². The number of amides is 1. The summed E-state index contributed by atoms with van der Waals surface area (Å²) in [4.78, 5) is 33.7. The molecule has 192 valence electrons. The van der Waals surface area contributed by atoms with Gasteiger partial charge in [0.25, 0.3) is 5.78 Å². The van der Waals surface area contributed by atoms with Crippen LogP contribution in [0.5, 0.6) is 0 Å². The van der Waals surface area contributed by atoms with Crippen LogP contribution in [-0.4, -0.2) is 74.2 Å². The lowest BCUT2D eigenvalue weighted by Gasteiger charge is -2.26. The van der Waals surface area contributed by atoms with Crippen molar-refractivity contribution in [2.45, 2.75) is 31.8 Å². The summed E-state index contributed by atoms with van der Waals surface area (Å²) in [5, 5.41) is 3.14. The van der Waals surface area contributed by atoms with Crippen LogP contribution in [0, 0.1) is 11.8 Å². The summed E-state index contributed by atoms with van der Waals surface area (Å²) < 4.78 is 18.4. The Labute approximate surface area is 216 Å². The molecule has 1 unspecified atom stereocenters. The number of aliphatic imine (C=N–C) groups is 2. The van der Waals surface area contributed by atoms with Gasteiger partial charge in [0.15, 0.2) is 0 Å². The molecule has 1 amide bonds. The molecule has 0 bridgehead atoms. The monoisotopic (exact) mass is 502 g/mol. The molecule has 37 heavy (non-hydrogen) atoms. The van der Waals surface area contributed by atoms with Crippen molar-refractivity contribution in [3.8, 4) is 11.8 Å². The van der Waals surface area contributed by atoms with Crippen LogP contribution < -0.4 is 5.32 Å². The lowest BCUT2D eigenvalue weighted by Crippen LogP contribution is -2.35. The van der Waals surface area contributed by atoms with Crippen LogP contribution in [0.25, 0.3) is 0 Å². The number of halogens is 1. The van der Waals surface area contributed by atoms with E-state index in [1.165, 1.54) is 5.56 Å². The quantitative estimate of drug-likeness (QED) is 0.421. The molecule has 1 saturated heterocycles. The number of benzene rings is 2. The summed E-state index contributed by atoms with van der Waals surface area (Å²) in [7, 11) is 0. The van der Waals surface area contributed by atoms with Crippen molar-refractivity contribution < 1.29 is 18.7 Å². The summed E-state index contributed by atoms with van der Waals surface area (Å²) in [6.07, 6.45) is 1.37. The molecule has 1 N–H and O–H groups in total. The third kappa shape index (κ3) is 7.73. The fourth-order valence-electron chi connectivity index (χ4n) is 4.17. The van der Waals surface area contributed by atoms with Crippen LogP contribution in [0.2, 0.25) is 0 Å². The molecule has 8 heteroatoms. The van der Waals surface area contributed by atoms with Crippen LogP contribution in [0.1, 0.15) is 41.5 Å². The van der Waals surface area contributed by atoms with Gasteiger partial charge in [0.1, 0.15) is 13.0 Å². The fraction of sp³-hybridized carbons (Fsp3) is 0.379. The van der Waals surface area contributed by atoms with Gasteiger partial charge in [0.05, 0.1) is 18.9 Å². The number of nitrogens with zero attached hydrogens (tertiary/aromatic N) is 3. The second kappa shape index (κ2) is 13.2. The number of Topliss-reactive ketones (excluding diaryl/α,β-unsaturated/α-hetero) is 1. The highest BCUT2D eigenvalue weighted by Crippen LogP contribution is 2.22. The highest BCUT2D eigenvalue weighted by atomic mass is 19.1. The summed E-state index contributed by atoms with van der Waals surface area (Å²) in [6, 6.07) is 15.7. The molecule has 0 radical (unpaired) electrons. The van der Waals surface area contributed by atoms with Crippen molar-refractivity contribution in [1.82, 2.24) is 10.2 Å². The third-order valence-corrected chi connectivity index (χ3v) is 6.43. The smallest absolute Gasteiger partial charge is 0.320 e. The highest BCUT2D eigenvalue weighted by molar-refractivity contribution is 6.66. The van der Waals surface area contributed by atoms with Gasteiger partial charge in [0, 0.05) is 55.7 Å². The molecule has 2 aliphatic rings. The van der Waals surface area contributed by atoms with Crippen molar-refractivity contribution >= 4 is 23.7 Å². The number of ether oxygens (including phenoxy) is 1. The minimum Gasteiger partial charge on any atom is -0.379 e. The van der Waals surface area contributed by atoms with Crippen LogP contribution in [0.3, 0.4) is 0 Å². The third-order valence-electron chi connectivity index (χ3n) is 6.43. The van der Waals surface area contributed by atoms with E-state index >= 15 is 0 Å². The summed E-state index contributed by atoms with van der Waals surface area (Å²) in [6.45, 7) is 6.10. The van der Waals surface area contributed by atoms with Crippen LogP contribution in [0.15, 0.2) is 58.5 Å². The van der Waals surface area contributed by atoms with Gasteiger partial charge in [-0.25, -0.2) is 9.38 Å². The summed E-state index contributed by atoms with van der Waals surface area (Å²) >= 11 is 0. The first-order chi connectivity index (χ1) is 18.0. The second-order valence-corrected chi connectivity index (χ2v) is 9.28. The highest BCUT2D eigenvalue weighted by Gasteiger charge is 2.26. The Balaban J connectivity index is 1.41. The van der Waals surface area contributed by atoms with Crippen molar-refractivity contribution in [3.05, 3.63) is 70.8 Å². The molecule has 2 heterocycles. The van der Waals surface area contributed by atoms with Crippen LogP contribution >= 0.6 is 0 Å². The fourth-order valence-corrected chi connectivity index (χ4v) is 4.17. The molecule has 0 aromatic heterocycles. The Hall–Kier alpha value is -3.51. The van der Waals surface area contributed by atoms with E-state index in [9.17, 15) is 14.0 Å². The number of rotatable bonds is 9. The molecule has 0 spiro atoms. The lowest BCUT2D eigenvalue weighted by molar-refractivity contribution is -0.132. The van der Waals surface area contributed by atoms with Gasteiger partial charge in [-0.2, -0.15) is 4.99 Å². The molecule has 2 aromatic rings. The van der Waals surface area contributed by atoms with Gasteiger partial charge >= 0.3 is 5.91 Å². The maximum atomic E-state index is 13.0. The number of nitrogens with one attached hydrogen (secondary N) is 1. The molecule has 1 fully saturated rings. The molecule has 4 rings (SSSR count). The second-order valence-electron chi connectivity index (χ2n) is 9.28. The lowest BCUT2D eigenvalue weighted by atomic mass is 9.91.